The molecule has 1 atom stereocenters. The third-order valence-electron chi connectivity index (χ3n) is 4.45. The highest BCUT2D eigenvalue weighted by molar-refractivity contribution is 14.0. The van der Waals surface area contributed by atoms with Gasteiger partial charge in [-0.25, -0.2) is 0 Å². The second kappa shape index (κ2) is 14.1. The van der Waals surface area contributed by atoms with Crippen molar-refractivity contribution in [2.75, 3.05) is 45.9 Å². The van der Waals surface area contributed by atoms with Crippen molar-refractivity contribution < 1.29 is 9.84 Å². The van der Waals surface area contributed by atoms with Crippen molar-refractivity contribution in [2.45, 2.75) is 39.3 Å². The Morgan fingerprint density at radius 2 is 2.04 bits per heavy atom. The quantitative estimate of drug-likeness (QED) is 0.203. The molecular weight excluding hydrogens is 455 g/mol. The van der Waals surface area contributed by atoms with E-state index in [1.54, 1.807) is 0 Å². The molecule has 1 heterocycles. The van der Waals surface area contributed by atoms with Crippen LogP contribution in [-0.2, 0) is 17.7 Å². The highest BCUT2D eigenvalue weighted by atomic mass is 127. The minimum Gasteiger partial charge on any atom is -0.390 e. The van der Waals surface area contributed by atoms with Gasteiger partial charge < -0.3 is 20.5 Å². The highest BCUT2D eigenvalue weighted by Gasteiger charge is 2.18. The maximum Gasteiger partial charge on any atom is 0.191 e. The van der Waals surface area contributed by atoms with E-state index in [1.807, 2.05) is 13.8 Å². The Kier molecular flexibility index (Phi) is 12.6. The molecular formula is C20H35IN4O2. The number of benzene rings is 1. The van der Waals surface area contributed by atoms with Gasteiger partial charge in [-0.3, -0.25) is 9.89 Å². The van der Waals surface area contributed by atoms with Crippen LogP contribution in [0.2, 0.25) is 0 Å². The number of halogens is 1. The first-order valence-electron chi connectivity index (χ1n) is 9.80. The van der Waals surface area contributed by atoms with E-state index in [0.29, 0.717) is 13.1 Å². The summed E-state index contributed by atoms with van der Waals surface area (Å²) in [5, 5.41) is 16.9. The zero-order valence-corrected chi connectivity index (χ0v) is 18.9. The largest absolute Gasteiger partial charge is 0.390 e. The minimum atomic E-state index is -0.459. The molecule has 7 heteroatoms. The molecule has 0 bridgehead atoms. The topological polar surface area (TPSA) is 69.1 Å². The van der Waals surface area contributed by atoms with E-state index in [2.05, 4.69) is 44.8 Å². The maximum atomic E-state index is 10.4. The predicted octanol–water partition coefficient (Wildman–Crippen LogP) is 2.01. The van der Waals surface area contributed by atoms with E-state index in [-0.39, 0.29) is 24.0 Å². The van der Waals surface area contributed by atoms with Gasteiger partial charge in [-0.15, -0.1) is 24.0 Å². The number of β-amino-alcohol motifs (C(OH)–C–C–N with tert-alkyl or cyclic N) is 1. The smallest absolute Gasteiger partial charge is 0.191 e. The molecule has 0 fully saturated rings. The lowest BCUT2D eigenvalue weighted by Gasteiger charge is -2.30. The van der Waals surface area contributed by atoms with Gasteiger partial charge in [0.25, 0.3) is 0 Å². The average Bonchev–Trinajstić information content (AvgIpc) is 2.65. The van der Waals surface area contributed by atoms with Crippen molar-refractivity contribution in [1.82, 2.24) is 15.5 Å². The number of guanidine groups is 1. The lowest BCUT2D eigenvalue weighted by atomic mass is 10.00. The molecule has 0 radical (unpaired) electrons. The molecule has 6 nitrogen and oxygen atoms in total. The van der Waals surface area contributed by atoms with E-state index in [1.165, 1.54) is 11.1 Å². The van der Waals surface area contributed by atoms with Gasteiger partial charge in [0.15, 0.2) is 5.96 Å². The summed E-state index contributed by atoms with van der Waals surface area (Å²) in [5.74, 6) is 0.757. The Balaban J connectivity index is 0.00000364. The summed E-state index contributed by atoms with van der Waals surface area (Å²) in [6.07, 6.45) is 1.53. The molecule has 1 aliphatic heterocycles. The Hall–Kier alpha value is -0.900. The van der Waals surface area contributed by atoms with E-state index in [4.69, 9.17) is 4.74 Å². The summed E-state index contributed by atoms with van der Waals surface area (Å²) in [5.41, 5.74) is 2.81. The van der Waals surface area contributed by atoms with Crippen LogP contribution in [0, 0.1) is 0 Å². The number of nitrogens with zero attached hydrogens (tertiary/aromatic N) is 2. The van der Waals surface area contributed by atoms with Gasteiger partial charge in [0, 0.05) is 45.9 Å². The Bertz CT molecular complexity index is 557. The van der Waals surface area contributed by atoms with Gasteiger partial charge in [0.1, 0.15) is 0 Å². The predicted molar refractivity (Wildman–Crippen MR) is 122 cm³/mol. The summed E-state index contributed by atoms with van der Waals surface area (Å²) >= 11 is 0. The number of aliphatic imine (C=N–C) groups is 1. The standard InChI is InChI=1S/C20H34N4O2.HI/c1-3-21-20(22-11-7-13-26-4-2)23-14-19(25)16-24-12-10-17-8-5-6-9-18(17)15-24;/h5-6,8-9,19,25H,3-4,7,10-16H2,1-2H3,(H2,21,22,23);1H. The first kappa shape index (κ1) is 24.1. The number of ether oxygens (including phenoxy) is 1. The van der Waals surface area contributed by atoms with Crippen molar-refractivity contribution >= 4 is 29.9 Å². The van der Waals surface area contributed by atoms with Crippen LogP contribution in [0.5, 0.6) is 0 Å². The van der Waals surface area contributed by atoms with Gasteiger partial charge in [0.05, 0.1) is 12.6 Å². The number of rotatable bonds is 10. The zero-order valence-electron chi connectivity index (χ0n) is 16.6. The number of hydrogen-bond donors (Lipinski definition) is 3. The van der Waals surface area contributed by atoms with Crippen molar-refractivity contribution in [2.24, 2.45) is 4.99 Å². The highest BCUT2D eigenvalue weighted by Crippen LogP contribution is 2.18. The van der Waals surface area contributed by atoms with Gasteiger partial charge in [-0.1, -0.05) is 24.3 Å². The number of hydrogen-bond acceptors (Lipinski definition) is 4. The molecule has 1 aromatic carbocycles. The molecule has 0 saturated carbocycles. The van der Waals surface area contributed by atoms with Gasteiger partial charge in [-0.2, -0.15) is 0 Å². The van der Waals surface area contributed by atoms with Crippen LogP contribution in [0.4, 0.5) is 0 Å². The number of aliphatic hydroxyl groups is 1. The fourth-order valence-electron chi connectivity index (χ4n) is 3.13. The summed E-state index contributed by atoms with van der Waals surface area (Å²) in [6.45, 7) is 10.1. The van der Waals surface area contributed by atoms with Crippen molar-refractivity contribution in [3.05, 3.63) is 35.4 Å². The molecule has 0 saturated heterocycles. The van der Waals surface area contributed by atoms with E-state index < -0.39 is 6.10 Å². The summed E-state index contributed by atoms with van der Waals surface area (Å²) in [6, 6.07) is 8.57. The Labute approximate surface area is 180 Å². The molecule has 2 rings (SSSR count). The van der Waals surface area contributed by atoms with Crippen molar-refractivity contribution in [3.8, 4) is 0 Å². The number of aliphatic hydroxyl groups excluding tert-OH is 1. The minimum absolute atomic E-state index is 0. The van der Waals surface area contributed by atoms with Gasteiger partial charge in [-0.05, 0) is 37.8 Å². The Morgan fingerprint density at radius 1 is 1.26 bits per heavy atom. The van der Waals surface area contributed by atoms with Gasteiger partial charge in [0.2, 0.25) is 0 Å². The fourth-order valence-corrected chi connectivity index (χ4v) is 3.13. The fraction of sp³-hybridized carbons (Fsp3) is 0.650. The molecule has 0 aromatic heterocycles. The first-order chi connectivity index (χ1) is 12.7. The molecule has 0 amide bonds. The van der Waals surface area contributed by atoms with E-state index in [9.17, 15) is 5.11 Å². The van der Waals surface area contributed by atoms with Crippen LogP contribution in [0.25, 0.3) is 0 Å². The van der Waals surface area contributed by atoms with Gasteiger partial charge >= 0.3 is 0 Å². The van der Waals surface area contributed by atoms with E-state index >= 15 is 0 Å². The molecule has 1 unspecified atom stereocenters. The SMILES string of the molecule is CCNC(=NCC(O)CN1CCc2ccccc2C1)NCCCOCC.I. The van der Waals surface area contributed by atoms with Crippen molar-refractivity contribution in [3.63, 3.8) is 0 Å². The average molecular weight is 490 g/mol. The molecule has 154 valence electrons. The first-order valence-corrected chi connectivity index (χ1v) is 9.80. The lowest BCUT2D eigenvalue weighted by Crippen LogP contribution is -2.40. The third-order valence-corrected chi connectivity index (χ3v) is 4.45. The maximum absolute atomic E-state index is 10.4. The molecule has 0 aliphatic carbocycles. The van der Waals surface area contributed by atoms with Crippen LogP contribution < -0.4 is 10.6 Å². The molecule has 0 spiro atoms. The van der Waals surface area contributed by atoms with E-state index in [0.717, 1.165) is 58.2 Å². The molecule has 1 aliphatic rings. The van der Waals surface area contributed by atoms with Crippen LogP contribution in [0.15, 0.2) is 29.3 Å². The number of nitrogens with one attached hydrogen (secondary N) is 2. The van der Waals surface area contributed by atoms with Crippen LogP contribution in [0.3, 0.4) is 0 Å². The van der Waals surface area contributed by atoms with Crippen LogP contribution in [-0.4, -0.2) is 68.0 Å². The molecule has 1 aromatic rings. The second-order valence-corrected chi connectivity index (χ2v) is 6.60. The lowest BCUT2D eigenvalue weighted by molar-refractivity contribution is 0.111. The summed E-state index contributed by atoms with van der Waals surface area (Å²) in [7, 11) is 0. The van der Waals surface area contributed by atoms with Crippen LogP contribution in [0.1, 0.15) is 31.4 Å². The number of fused-ring (bicyclic) bond motifs is 1. The van der Waals surface area contributed by atoms with Crippen molar-refractivity contribution in [1.29, 1.82) is 0 Å². The summed E-state index contributed by atoms with van der Waals surface area (Å²) in [4.78, 5) is 6.83. The third kappa shape index (κ3) is 9.23. The normalized spacial score (nSPS) is 15.6. The molecule has 27 heavy (non-hydrogen) atoms. The van der Waals surface area contributed by atoms with Crippen LogP contribution >= 0.6 is 24.0 Å². The Morgan fingerprint density at radius 3 is 2.78 bits per heavy atom. The summed E-state index contributed by atoms with van der Waals surface area (Å²) < 4.78 is 5.34. The molecule has 3 N–H and O–H groups in total. The monoisotopic (exact) mass is 490 g/mol. The zero-order chi connectivity index (χ0) is 18.6. The second-order valence-electron chi connectivity index (χ2n) is 6.60.